The van der Waals surface area contributed by atoms with Crippen LogP contribution in [-0.4, -0.2) is 37.3 Å². The first kappa shape index (κ1) is 20.9. The van der Waals surface area contributed by atoms with Gasteiger partial charge in [0.05, 0.1) is 30.0 Å². The minimum Gasteiger partial charge on any atom is -0.490 e. The van der Waals surface area contributed by atoms with Gasteiger partial charge in [-0.3, -0.25) is 9.69 Å². The molecule has 1 amide bonds. The summed E-state index contributed by atoms with van der Waals surface area (Å²) in [5.74, 6) is 1.38. The van der Waals surface area contributed by atoms with Crippen LogP contribution in [0.1, 0.15) is 38.1 Å². The molecule has 3 aromatic rings. The molecule has 154 valence electrons. The zero-order valence-electron chi connectivity index (χ0n) is 17.2. The Morgan fingerprint density at radius 2 is 1.59 bits per heavy atom. The summed E-state index contributed by atoms with van der Waals surface area (Å²) in [6, 6.07) is 11.3. The van der Waals surface area contributed by atoms with Crippen LogP contribution in [0.2, 0.25) is 0 Å². The number of fused-ring (bicyclic) bond motifs is 1. The third kappa shape index (κ3) is 4.45. The van der Waals surface area contributed by atoms with E-state index in [2.05, 4.69) is 4.98 Å². The molecule has 0 radical (unpaired) electrons. The molecule has 0 spiro atoms. The summed E-state index contributed by atoms with van der Waals surface area (Å²) in [5.41, 5.74) is 1.36. The molecular formula is C22H26N2O4S. The average Bonchev–Trinajstić information content (AvgIpc) is 3.14. The molecule has 1 heterocycles. The number of para-hydroxylation sites is 1. The maximum atomic E-state index is 13.4. The van der Waals surface area contributed by atoms with E-state index in [0.717, 1.165) is 10.2 Å². The van der Waals surface area contributed by atoms with Crippen molar-refractivity contribution in [1.29, 1.82) is 0 Å². The molecule has 0 atom stereocenters. The SMILES string of the molecule is CCOc1cc(C(=O)N(CC)c2nc3ccccc3s2)cc(OCC)c1OCC. The lowest BCUT2D eigenvalue weighted by Gasteiger charge is -2.20. The zero-order valence-corrected chi connectivity index (χ0v) is 18.0. The normalized spacial score (nSPS) is 10.8. The van der Waals surface area contributed by atoms with Crippen LogP contribution in [0.4, 0.5) is 5.13 Å². The molecular weight excluding hydrogens is 388 g/mol. The topological polar surface area (TPSA) is 60.9 Å². The van der Waals surface area contributed by atoms with Crippen LogP contribution in [-0.2, 0) is 0 Å². The van der Waals surface area contributed by atoms with Crippen LogP contribution in [0.25, 0.3) is 10.2 Å². The molecule has 0 aliphatic heterocycles. The van der Waals surface area contributed by atoms with Crippen molar-refractivity contribution in [3.8, 4) is 17.2 Å². The van der Waals surface area contributed by atoms with Crippen LogP contribution >= 0.6 is 11.3 Å². The van der Waals surface area contributed by atoms with Gasteiger partial charge in [-0.05, 0) is 52.0 Å². The molecule has 1 aromatic heterocycles. The lowest BCUT2D eigenvalue weighted by atomic mass is 10.1. The number of hydrogen-bond acceptors (Lipinski definition) is 6. The number of hydrogen-bond donors (Lipinski definition) is 0. The Hall–Kier alpha value is -2.80. The van der Waals surface area contributed by atoms with Gasteiger partial charge in [-0.15, -0.1) is 0 Å². The van der Waals surface area contributed by atoms with Crippen molar-refractivity contribution >= 4 is 32.6 Å². The predicted molar refractivity (Wildman–Crippen MR) is 117 cm³/mol. The number of nitrogens with zero attached hydrogens (tertiary/aromatic N) is 2. The number of anilines is 1. The third-order valence-corrected chi connectivity index (χ3v) is 5.29. The Balaban J connectivity index is 2.03. The summed E-state index contributed by atoms with van der Waals surface area (Å²) in [4.78, 5) is 19.7. The summed E-state index contributed by atoms with van der Waals surface area (Å²) < 4.78 is 18.3. The van der Waals surface area contributed by atoms with Gasteiger partial charge in [0, 0.05) is 12.1 Å². The summed E-state index contributed by atoms with van der Waals surface area (Å²) in [7, 11) is 0. The molecule has 6 nitrogen and oxygen atoms in total. The molecule has 7 heteroatoms. The minimum absolute atomic E-state index is 0.156. The highest BCUT2D eigenvalue weighted by atomic mass is 32.1. The van der Waals surface area contributed by atoms with E-state index in [9.17, 15) is 4.79 Å². The van der Waals surface area contributed by atoms with Crippen LogP contribution in [0.15, 0.2) is 36.4 Å². The van der Waals surface area contributed by atoms with Crippen molar-refractivity contribution in [2.45, 2.75) is 27.7 Å². The highest BCUT2D eigenvalue weighted by Gasteiger charge is 2.24. The minimum atomic E-state index is -0.156. The lowest BCUT2D eigenvalue weighted by Crippen LogP contribution is -2.30. The van der Waals surface area contributed by atoms with Gasteiger partial charge >= 0.3 is 0 Å². The molecule has 3 rings (SSSR count). The Bertz CT molecular complexity index is 926. The molecule has 0 saturated carbocycles. The second kappa shape index (κ2) is 9.60. The highest BCUT2D eigenvalue weighted by Crippen LogP contribution is 2.40. The van der Waals surface area contributed by atoms with E-state index < -0.39 is 0 Å². The Morgan fingerprint density at radius 1 is 0.966 bits per heavy atom. The van der Waals surface area contributed by atoms with Gasteiger partial charge in [0.2, 0.25) is 5.75 Å². The summed E-state index contributed by atoms with van der Waals surface area (Å²) in [6.45, 7) is 9.51. The Kier molecular flexibility index (Phi) is 6.93. The smallest absolute Gasteiger partial charge is 0.260 e. The van der Waals surface area contributed by atoms with Gasteiger partial charge in [-0.25, -0.2) is 4.98 Å². The fourth-order valence-electron chi connectivity index (χ4n) is 3.01. The largest absolute Gasteiger partial charge is 0.490 e. The molecule has 0 aliphatic carbocycles. The van der Waals surface area contributed by atoms with Crippen molar-refractivity contribution in [2.24, 2.45) is 0 Å². The van der Waals surface area contributed by atoms with Crippen molar-refractivity contribution in [2.75, 3.05) is 31.3 Å². The molecule has 29 heavy (non-hydrogen) atoms. The van der Waals surface area contributed by atoms with E-state index in [0.29, 0.717) is 54.3 Å². The molecule has 0 fully saturated rings. The molecule has 0 N–H and O–H groups in total. The van der Waals surface area contributed by atoms with E-state index in [1.54, 1.807) is 17.0 Å². The number of carbonyl (C=O) groups excluding carboxylic acids is 1. The van der Waals surface area contributed by atoms with Gasteiger partial charge in [-0.2, -0.15) is 0 Å². The number of ether oxygens (including phenoxy) is 3. The quantitative estimate of drug-likeness (QED) is 0.484. The number of rotatable bonds is 9. The fourth-order valence-corrected chi connectivity index (χ4v) is 4.04. The second-order valence-corrected chi connectivity index (χ2v) is 7.12. The van der Waals surface area contributed by atoms with Crippen LogP contribution in [0, 0.1) is 0 Å². The Labute approximate surface area is 175 Å². The first-order valence-corrected chi connectivity index (χ1v) is 10.7. The van der Waals surface area contributed by atoms with E-state index in [1.165, 1.54) is 11.3 Å². The third-order valence-electron chi connectivity index (χ3n) is 4.23. The highest BCUT2D eigenvalue weighted by molar-refractivity contribution is 7.22. The first-order valence-electron chi connectivity index (χ1n) is 9.86. The fraction of sp³-hybridized carbons (Fsp3) is 0.364. The van der Waals surface area contributed by atoms with Crippen molar-refractivity contribution < 1.29 is 19.0 Å². The van der Waals surface area contributed by atoms with Crippen LogP contribution < -0.4 is 19.1 Å². The van der Waals surface area contributed by atoms with Gasteiger partial charge in [0.1, 0.15) is 0 Å². The standard InChI is InChI=1S/C22H26N2O4S/c1-5-24(22-23-16-11-9-10-12-19(16)29-22)21(25)15-13-17(26-6-2)20(28-8-4)18(14-15)27-7-3/h9-14H,5-8H2,1-4H3. The van der Waals surface area contributed by atoms with Crippen molar-refractivity contribution in [1.82, 2.24) is 4.98 Å². The second-order valence-electron chi connectivity index (χ2n) is 6.11. The van der Waals surface area contributed by atoms with Crippen LogP contribution in [0.5, 0.6) is 17.2 Å². The molecule has 0 saturated heterocycles. The molecule has 0 unspecified atom stereocenters. The zero-order chi connectivity index (χ0) is 20.8. The number of amides is 1. The van der Waals surface area contributed by atoms with Gasteiger partial charge in [-0.1, -0.05) is 23.5 Å². The number of aromatic nitrogens is 1. The maximum absolute atomic E-state index is 13.4. The average molecular weight is 415 g/mol. The summed E-state index contributed by atoms with van der Waals surface area (Å²) >= 11 is 1.50. The van der Waals surface area contributed by atoms with Gasteiger partial charge in [0.25, 0.3) is 5.91 Å². The lowest BCUT2D eigenvalue weighted by molar-refractivity contribution is 0.0987. The van der Waals surface area contributed by atoms with Crippen molar-refractivity contribution in [3.63, 3.8) is 0 Å². The monoisotopic (exact) mass is 414 g/mol. The number of thiazole rings is 1. The summed E-state index contributed by atoms with van der Waals surface area (Å²) in [6.07, 6.45) is 0. The van der Waals surface area contributed by atoms with Gasteiger partial charge < -0.3 is 14.2 Å². The van der Waals surface area contributed by atoms with E-state index in [4.69, 9.17) is 14.2 Å². The maximum Gasteiger partial charge on any atom is 0.260 e. The van der Waals surface area contributed by atoms with E-state index in [1.807, 2.05) is 52.0 Å². The number of carbonyl (C=O) groups is 1. The van der Waals surface area contributed by atoms with Crippen LogP contribution in [0.3, 0.4) is 0 Å². The predicted octanol–water partition coefficient (Wildman–Crippen LogP) is 5.16. The molecule has 0 aliphatic rings. The van der Waals surface area contributed by atoms with E-state index in [-0.39, 0.29) is 5.91 Å². The summed E-state index contributed by atoms with van der Waals surface area (Å²) in [5, 5.41) is 0.670. The first-order chi connectivity index (χ1) is 14.1. The van der Waals surface area contributed by atoms with E-state index >= 15 is 0 Å². The molecule has 0 bridgehead atoms. The van der Waals surface area contributed by atoms with Gasteiger partial charge in [0.15, 0.2) is 16.6 Å². The van der Waals surface area contributed by atoms with Crippen molar-refractivity contribution in [3.05, 3.63) is 42.0 Å². The number of benzene rings is 2. The molecule has 2 aromatic carbocycles. The Morgan fingerprint density at radius 3 is 2.14 bits per heavy atom.